The van der Waals surface area contributed by atoms with Gasteiger partial charge in [-0.25, -0.2) is 0 Å². The highest BCUT2D eigenvalue weighted by atomic mass is 16.5. The van der Waals surface area contributed by atoms with Crippen LogP contribution in [0.5, 0.6) is 0 Å². The normalized spacial score (nSPS) is 20.2. The highest BCUT2D eigenvalue weighted by Gasteiger charge is 2.23. The molecule has 2 heterocycles. The Morgan fingerprint density at radius 3 is 2.95 bits per heavy atom. The average Bonchev–Trinajstić information content (AvgIpc) is 2.92. The smallest absolute Gasteiger partial charge is 0.124 e. The first kappa shape index (κ1) is 13.3. The molecule has 1 saturated heterocycles. The van der Waals surface area contributed by atoms with E-state index in [1.54, 1.807) is 6.26 Å². The molecular formula is C16H20N2O2. The highest BCUT2D eigenvalue weighted by molar-refractivity contribution is 5.32. The van der Waals surface area contributed by atoms with Crippen molar-refractivity contribution in [1.29, 1.82) is 0 Å². The summed E-state index contributed by atoms with van der Waals surface area (Å²) in [6.45, 7) is 7.69. The number of aryl methyl sites for hydroxylation is 2. The van der Waals surface area contributed by atoms with Crippen molar-refractivity contribution in [3.63, 3.8) is 0 Å². The molecule has 0 aliphatic carbocycles. The first-order valence-corrected chi connectivity index (χ1v) is 7.03. The Kier molecular flexibility index (Phi) is 3.85. The van der Waals surface area contributed by atoms with Gasteiger partial charge >= 0.3 is 0 Å². The Balaban J connectivity index is 1.71. The second-order valence-electron chi connectivity index (χ2n) is 5.45. The number of morpholine rings is 1. The molecule has 106 valence electrons. The monoisotopic (exact) mass is 272 g/mol. The summed E-state index contributed by atoms with van der Waals surface area (Å²) in [7, 11) is 0. The lowest BCUT2D eigenvalue weighted by Crippen LogP contribution is -2.38. The summed E-state index contributed by atoms with van der Waals surface area (Å²) in [5.41, 5.74) is 4.87. The molecule has 2 aromatic rings. The number of rotatable bonds is 3. The van der Waals surface area contributed by atoms with Crippen LogP contribution in [0.1, 0.15) is 28.5 Å². The van der Waals surface area contributed by atoms with Crippen LogP contribution in [0, 0.1) is 13.8 Å². The van der Waals surface area contributed by atoms with E-state index in [1.165, 1.54) is 16.7 Å². The molecule has 1 aliphatic heterocycles. The number of hydrogen-bond donors (Lipinski definition) is 0. The van der Waals surface area contributed by atoms with E-state index in [-0.39, 0.29) is 6.10 Å². The van der Waals surface area contributed by atoms with E-state index in [4.69, 9.17) is 9.26 Å². The van der Waals surface area contributed by atoms with Gasteiger partial charge in [-0.3, -0.25) is 4.90 Å². The summed E-state index contributed by atoms with van der Waals surface area (Å²) < 4.78 is 10.8. The van der Waals surface area contributed by atoms with E-state index in [1.807, 2.05) is 6.07 Å². The third-order valence-electron chi connectivity index (χ3n) is 3.80. The molecule has 0 N–H and O–H groups in total. The number of hydrogen-bond acceptors (Lipinski definition) is 4. The topological polar surface area (TPSA) is 38.5 Å². The van der Waals surface area contributed by atoms with Gasteiger partial charge in [0, 0.05) is 25.7 Å². The molecule has 1 fully saturated rings. The van der Waals surface area contributed by atoms with Gasteiger partial charge in [0.25, 0.3) is 0 Å². The van der Waals surface area contributed by atoms with Crippen molar-refractivity contribution in [2.75, 3.05) is 19.7 Å². The van der Waals surface area contributed by atoms with Crippen LogP contribution >= 0.6 is 0 Å². The van der Waals surface area contributed by atoms with Crippen molar-refractivity contribution in [3.05, 3.63) is 52.9 Å². The van der Waals surface area contributed by atoms with Crippen LogP contribution in [0.3, 0.4) is 0 Å². The molecule has 3 rings (SSSR count). The summed E-state index contributed by atoms with van der Waals surface area (Å²) in [6.07, 6.45) is 1.77. The maximum Gasteiger partial charge on any atom is 0.124 e. The first-order chi connectivity index (χ1) is 9.72. The van der Waals surface area contributed by atoms with Crippen molar-refractivity contribution in [2.45, 2.75) is 26.5 Å². The van der Waals surface area contributed by atoms with Gasteiger partial charge in [0.1, 0.15) is 6.26 Å². The third kappa shape index (κ3) is 2.92. The predicted molar refractivity (Wildman–Crippen MR) is 76.4 cm³/mol. The molecule has 1 aromatic heterocycles. The molecule has 1 atom stereocenters. The zero-order valence-corrected chi connectivity index (χ0v) is 12.0. The zero-order valence-electron chi connectivity index (χ0n) is 12.0. The van der Waals surface area contributed by atoms with Gasteiger partial charge in [0.15, 0.2) is 0 Å². The summed E-state index contributed by atoms with van der Waals surface area (Å²) in [4.78, 5) is 2.37. The van der Waals surface area contributed by atoms with Crippen LogP contribution in [0.15, 0.2) is 35.1 Å². The van der Waals surface area contributed by atoms with Gasteiger partial charge in [-0.15, -0.1) is 0 Å². The van der Waals surface area contributed by atoms with Gasteiger partial charge in [-0.1, -0.05) is 28.9 Å². The lowest BCUT2D eigenvalue weighted by atomic mass is 10.00. The lowest BCUT2D eigenvalue weighted by molar-refractivity contribution is -0.0337. The molecule has 4 heteroatoms. The van der Waals surface area contributed by atoms with Crippen LogP contribution in [0.2, 0.25) is 0 Å². The first-order valence-electron chi connectivity index (χ1n) is 7.03. The highest BCUT2D eigenvalue weighted by Crippen LogP contribution is 2.26. The zero-order chi connectivity index (χ0) is 13.9. The number of nitrogens with zero attached hydrogens (tertiary/aromatic N) is 2. The Bertz CT molecular complexity index is 566. The Labute approximate surface area is 119 Å². The Morgan fingerprint density at radius 1 is 1.30 bits per heavy atom. The van der Waals surface area contributed by atoms with E-state index < -0.39 is 0 Å². The molecule has 0 bridgehead atoms. The van der Waals surface area contributed by atoms with Crippen LogP contribution < -0.4 is 0 Å². The van der Waals surface area contributed by atoms with Crippen LogP contribution in [-0.4, -0.2) is 29.8 Å². The molecule has 0 amide bonds. The van der Waals surface area contributed by atoms with Crippen LogP contribution in [-0.2, 0) is 11.3 Å². The fourth-order valence-electron chi connectivity index (χ4n) is 2.77. The summed E-state index contributed by atoms with van der Waals surface area (Å²) in [5.74, 6) is 0. The van der Waals surface area contributed by atoms with Gasteiger partial charge in [-0.2, -0.15) is 0 Å². The standard InChI is InChI=1S/C16H20N2O2/c1-12-3-4-15(13(2)9-12)16-11-18(6-8-19-16)10-14-5-7-20-17-14/h3-5,7,9,16H,6,8,10-11H2,1-2H3. The van der Waals surface area contributed by atoms with Gasteiger partial charge < -0.3 is 9.26 Å². The molecular weight excluding hydrogens is 252 g/mol. The van der Waals surface area contributed by atoms with Crippen LogP contribution in [0.4, 0.5) is 0 Å². The van der Waals surface area contributed by atoms with Crippen LogP contribution in [0.25, 0.3) is 0 Å². The van der Waals surface area contributed by atoms with Crippen molar-refractivity contribution in [2.24, 2.45) is 0 Å². The fourth-order valence-corrected chi connectivity index (χ4v) is 2.77. The maximum absolute atomic E-state index is 5.95. The fraction of sp³-hybridized carbons (Fsp3) is 0.438. The number of aromatic nitrogens is 1. The molecule has 0 saturated carbocycles. The average molecular weight is 272 g/mol. The number of benzene rings is 1. The van der Waals surface area contributed by atoms with Crippen molar-refractivity contribution in [1.82, 2.24) is 10.1 Å². The summed E-state index contributed by atoms with van der Waals surface area (Å²) >= 11 is 0. The SMILES string of the molecule is Cc1ccc(C2CN(Cc3ccon3)CCO2)c(C)c1. The second-order valence-corrected chi connectivity index (χ2v) is 5.45. The lowest BCUT2D eigenvalue weighted by Gasteiger charge is -2.33. The second kappa shape index (κ2) is 5.77. The molecule has 20 heavy (non-hydrogen) atoms. The Hall–Kier alpha value is -1.65. The summed E-state index contributed by atoms with van der Waals surface area (Å²) in [5, 5.41) is 3.98. The predicted octanol–water partition coefficient (Wildman–Crippen LogP) is 2.86. The summed E-state index contributed by atoms with van der Waals surface area (Å²) in [6, 6.07) is 8.48. The van der Waals surface area contributed by atoms with Gasteiger partial charge in [0.05, 0.1) is 18.4 Å². The van der Waals surface area contributed by atoms with E-state index in [2.05, 4.69) is 42.1 Å². The largest absolute Gasteiger partial charge is 0.371 e. The van der Waals surface area contributed by atoms with Gasteiger partial charge in [0.2, 0.25) is 0 Å². The molecule has 4 nitrogen and oxygen atoms in total. The molecule has 1 aliphatic rings. The minimum Gasteiger partial charge on any atom is -0.371 e. The quantitative estimate of drug-likeness (QED) is 0.861. The van der Waals surface area contributed by atoms with E-state index >= 15 is 0 Å². The van der Waals surface area contributed by atoms with Crippen molar-refractivity contribution < 1.29 is 9.26 Å². The van der Waals surface area contributed by atoms with E-state index in [0.29, 0.717) is 0 Å². The molecule has 0 spiro atoms. The number of ether oxygens (including phenoxy) is 1. The molecule has 0 radical (unpaired) electrons. The van der Waals surface area contributed by atoms with Crippen molar-refractivity contribution >= 4 is 0 Å². The van der Waals surface area contributed by atoms with E-state index in [9.17, 15) is 0 Å². The maximum atomic E-state index is 5.95. The molecule has 1 unspecified atom stereocenters. The van der Waals surface area contributed by atoms with Gasteiger partial charge in [-0.05, 0) is 25.0 Å². The minimum atomic E-state index is 0.149. The minimum absolute atomic E-state index is 0.149. The van der Waals surface area contributed by atoms with E-state index in [0.717, 1.165) is 31.9 Å². The Morgan fingerprint density at radius 2 is 2.20 bits per heavy atom. The van der Waals surface area contributed by atoms with Crippen molar-refractivity contribution in [3.8, 4) is 0 Å². The third-order valence-corrected chi connectivity index (χ3v) is 3.80. The molecule has 1 aromatic carbocycles.